The summed E-state index contributed by atoms with van der Waals surface area (Å²) in [5.74, 6) is 0.485. The number of carbonyl (C=O) groups excluding carboxylic acids is 1. The first-order valence-electron chi connectivity index (χ1n) is 9.36. The van der Waals surface area contributed by atoms with E-state index in [1.165, 1.54) is 43.2 Å². The number of ether oxygens (including phenoxy) is 1. The number of esters is 1. The van der Waals surface area contributed by atoms with E-state index < -0.39 is 0 Å². The molecule has 0 amide bonds. The molecule has 3 heteroatoms. The van der Waals surface area contributed by atoms with Gasteiger partial charge in [-0.05, 0) is 61.1 Å². The SMILES string of the molecule is CCOC(=O)c1ccc(NCc2ccc(C3CCCCC3)cc2)cc1. The molecule has 0 saturated heterocycles. The highest BCUT2D eigenvalue weighted by molar-refractivity contribution is 5.89. The normalized spacial score (nSPS) is 14.9. The second-order valence-electron chi connectivity index (χ2n) is 6.73. The van der Waals surface area contributed by atoms with Crippen molar-refractivity contribution in [3.63, 3.8) is 0 Å². The lowest BCUT2D eigenvalue weighted by atomic mass is 9.84. The summed E-state index contributed by atoms with van der Waals surface area (Å²) in [6.45, 7) is 2.99. The van der Waals surface area contributed by atoms with Gasteiger partial charge < -0.3 is 10.1 Å². The van der Waals surface area contributed by atoms with Crippen LogP contribution in [-0.4, -0.2) is 12.6 Å². The highest BCUT2D eigenvalue weighted by Crippen LogP contribution is 2.32. The Morgan fingerprint density at radius 2 is 1.68 bits per heavy atom. The third kappa shape index (κ3) is 4.85. The zero-order valence-electron chi connectivity index (χ0n) is 15.0. The molecule has 1 fully saturated rings. The van der Waals surface area contributed by atoms with Gasteiger partial charge in [0.15, 0.2) is 0 Å². The van der Waals surface area contributed by atoms with E-state index in [-0.39, 0.29) is 5.97 Å². The smallest absolute Gasteiger partial charge is 0.338 e. The molecule has 0 radical (unpaired) electrons. The van der Waals surface area contributed by atoms with E-state index in [9.17, 15) is 4.79 Å². The van der Waals surface area contributed by atoms with Crippen LogP contribution in [0.5, 0.6) is 0 Å². The fraction of sp³-hybridized carbons (Fsp3) is 0.409. The largest absolute Gasteiger partial charge is 0.462 e. The molecule has 0 bridgehead atoms. The van der Waals surface area contributed by atoms with Gasteiger partial charge in [-0.3, -0.25) is 0 Å². The molecule has 0 atom stereocenters. The molecule has 0 aromatic heterocycles. The molecule has 3 rings (SSSR count). The van der Waals surface area contributed by atoms with E-state index in [1.807, 2.05) is 19.1 Å². The summed E-state index contributed by atoms with van der Waals surface area (Å²) >= 11 is 0. The lowest BCUT2D eigenvalue weighted by Gasteiger charge is -2.22. The van der Waals surface area contributed by atoms with E-state index in [1.54, 1.807) is 12.1 Å². The van der Waals surface area contributed by atoms with Crippen LogP contribution in [-0.2, 0) is 11.3 Å². The standard InChI is InChI=1S/C22H27NO2/c1-2-25-22(24)20-12-14-21(15-13-20)23-16-17-8-10-19(11-9-17)18-6-4-3-5-7-18/h8-15,18,23H,2-7,16H2,1H3. The summed E-state index contributed by atoms with van der Waals surface area (Å²) in [6.07, 6.45) is 6.81. The Hall–Kier alpha value is -2.29. The van der Waals surface area contributed by atoms with Crippen molar-refractivity contribution < 1.29 is 9.53 Å². The molecule has 1 aliphatic rings. The maximum absolute atomic E-state index is 11.7. The van der Waals surface area contributed by atoms with E-state index in [4.69, 9.17) is 4.74 Å². The quantitative estimate of drug-likeness (QED) is 0.705. The minimum atomic E-state index is -0.271. The molecule has 25 heavy (non-hydrogen) atoms. The Balaban J connectivity index is 1.53. The van der Waals surface area contributed by atoms with Gasteiger partial charge in [-0.15, -0.1) is 0 Å². The van der Waals surface area contributed by atoms with Crippen LogP contribution in [0, 0.1) is 0 Å². The molecular weight excluding hydrogens is 310 g/mol. The van der Waals surface area contributed by atoms with Gasteiger partial charge in [0.2, 0.25) is 0 Å². The van der Waals surface area contributed by atoms with Crippen molar-refractivity contribution in [1.29, 1.82) is 0 Å². The third-order valence-corrected chi connectivity index (χ3v) is 4.95. The Morgan fingerprint density at radius 3 is 2.32 bits per heavy atom. The van der Waals surface area contributed by atoms with Gasteiger partial charge in [-0.25, -0.2) is 4.79 Å². The van der Waals surface area contributed by atoms with Crippen LogP contribution in [0.15, 0.2) is 48.5 Å². The molecule has 0 spiro atoms. The molecule has 2 aromatic carbocycles. The number of hydrogen-bond acceptors (Lipinski definition) is 3. The number of anilines is 1. The van der Waals surface area contributed by atoms with Crippen molar-refractivity contribution in [2.24, 2.45) is 0 Å². The molecule has 2 aromatic rings. The summed E-state index contributed by atoms with van der Waals surface area (Å²) in [5.41, 5.74) is 4.35. The highest BCUT2D eigenvalue weighted by atomic mass is 16.5. The average Bonchev–Trinajstić information content (AvgIpc) is 2.68. The van der Waals surface area contributed by atoms with E-state index >= 15 is 0 Å². The summed E-state index contributed by atoms with van der Waals surface area (Å²) < 4.78 is 5.00. The minimum Gasteiger partial charge on any atom is -0.462 e. The second-order valence-corrected chi connectivity index (χ2v) is 6.73. The summed E-state index contributed by atoms with van der Waals surface area (Å²) in [4.78, 5) is 11.7. The fourth-order valence-electron chi connectivity index (χ4n) is 3.49. The van der Waals surface area contributed by atoms with Crippen LogP contribution < -0.4 is 5.32 Å². The summed E-state index contributed by atoms with van der Waals surface area (Å²) in [7, 11) is 0. The third-order valence-electron chi connectivity index (χ3n) is 4.95. The lowest BCUT2D eigenvalue weighted by Crippen LogP contribution is -2.06. The van der Waals surface area contributed by atoms with Crippen LogP contribution in [0.4, 0.5) is 5.69 Å². The van der Waals surface area contributed by atoms with Gasteiger partial charge in [0.05, 0.1) is 12.2 Å². The molecular formula is C22H27NO2. The van der Waals surface area contributed by atoms with Crippen molar-refractivity contribution in [1.82, 2.24) is 0 Å². The maximum Gasteiger partial charge on any atom is 0.338 e. The van der Waals surface area contributed by atoms with Gasteiger partial charge in [0.25, 0.3) is 0 Å². The maximum atomic E-state index is 11.7. The van der Waals surface area contributed by atoms with Gasteiger partial charge in [-0.2, -0.15) is 0 Å². The summed E-state index contributed by atoms with van der Waals surface area (Å²) in [6, 6.07) is 16.5. The van der Waals surface area contributed by atoms with Gasteiger partial charge >= 0.3 is 5.97 Å². The number of nitrogens with one attached hydrogen (secondary N) is 1. The van der Waals surface area contributed by atoms with Crippen LogP contribution in [0.1, 0.15) is 66.4 Å². The Labute approximate surface area is 150 Å². The second kappa shape index (κ2) is 8.70. The van der Waals surface area contributed by atoms with Crippen molar-refractivity contribution >= 4 is 11.7 Å². The molecule has 0 aliphatic heterocycles. The topological polar surface area (TPSA) is 38.3 Å². The molecule has 3 nitrogen and oxygen atoms in total. The molecule has 132 valence electrons. The van der Waals surface area contributed by atoms with E-state index in [0.717, 1.165) is 18.2 Å². The molecule has 0 unspecified atom stereocenters. The van der Waals surface area contributed by atoms with Crippen molar-refractivity contribution in [3.8, 4) is 0 Å². The first kappa shape index (κ1) is 17.5. The van der Waals surface area contributed by atoms with E-state index in [2.05, 4.69) is 29.6 Å². The monoisotopic (exact) mass is 337 g/mol. The van der Waals surface area contributed by atoms with Crippen LogP contribution >= 0.6 is 0 Å². The van der Waals surface area contributed by atoms with Crippen LogP contribution in [0.2, 0.25) is 0 Å². The van der Waals surface area contributed by atoms with Gasteiger partial charge in [0, 0.05) is 12.2 Å². The Bertz CT molecular complexity index is 670. The highest BCUT2D eigenvalue weighted by Gasteiger charge is 2.15. The minimum absolute atomic E-state index is 0.271. The van der Waals surface area contributed by atoms with Gasteiger partial charge in [-0.1, -0.05) is 43.5 Å². The van der Waals surface area contributed by atoms with Crippen LogP contribution in [0.25, 0.3) is 0 Å². The Kier molecular flexibility index (Phi) is 6.10. The van der Waals surface area contributed by atoms with Crippen LogP contribution in [0.3, 0.4) is 0 Å². The zero-order chi connectivity index (χ0) is 17.5. The number of carbonyl (C=O) groups is 1. The molecule has 1 aliphatic carbocycles. The Morgan fingerprint density at radius 1 is 1.00 bits per heavy atom. The van der Waals surface area contributed by atoms with Crippen molar-refractivity contribution in [3.05, 3.63) is 65.2 Å². The predicted molar refractivity (Wildman–Crippen MR) is 102 cm³/mol. The predicted octanol–water partition coefficient (Wildman–Crippen LogP) is 5.52. The zero-order valence-corrected chi connectivity index (χ0v) is 15.0. The first-order chi connectivity index (χ1) is 12.3. The first-order valence-corrected chi connectivity index (χ1v) is 9.36. The van der Waals surface area contributed by atoms with Crippen molar-refractivity contribution in [2.75, 3.05) is 11.9 Å². The van der Waals surface area contributed by atoms with Crippen molar-refractivity contribution in [2.45, 2.75) is 51.5 Å². The molecule has 1 N–H and O–H groups in total. The number of benzene rings is 2. The lowest BCUT2D eigenvalue weighted by molar-refractivity contribution is 0.0526. The molecule has 0 heterocycles. The number of rotatable bonds is 6. The average molecular weight is 337 g/mol. The van der Waals surface area contributed by atoms with E-state index in [0.29, 0.717) is 12.2 Å². The number of hydrogen-bond donors (Lipinski definition) is 1. The fourth-order valence-corrected chi connectivity index (χ4v) is 3.49. The van der Waals surface area contributed by atoms with Gasteiger partial charge in [0.1, 0.15) is 0 Å². The molecule has 1 saturated carbocycles. The summed E-state index contributed by atoms with van der Waals surface area (Å²) in [5, 5.41) is 3.41.